The van der Waals surface area contributed by atoms with Gasteiger partial charge in [-0.3, -0.25) is 15.0 Å². The monoisotopic (exact) mass is 273 g/mol. The van der Waals surface area contributed by atoms with Crippen molar-refractivity contribution in [2.45, 2.75) is 38.3 Å². The number of ketones is 1. The standard InChI is InChI=1S/C11H23N5O3/c1-6(9(13)10(18)19)5-8(17)7(12)3-2-4-16-11(14)15/h6-7,9H,2-5,12-13H2,1H3,(H,18,19)(H4,14,15,16)/t6?,7?,9-/m0/s1. The van der Waals surface area contributed by atoms with E-state index in [2.05, 4.69) is 5.32 Å². The summed E-state index contributed by atoms with van der Waals surface area (Å²) in [4.78, 5) is 22.4. The molecule has 0 aromatic heterocycles. The second-order valence-electron chi connectivity index (χ2n) is 4.60. The van der Waals surface area contributed by atoms with E-state index < -0.39 is 24.0 Å². The molecule has 0 amide bonds. The van der Waals surface area contributed by atoms with Crippen LogP contribution < -0.4 is 22.5 Å². The van der Waals surface area contributed by atoms with Crippen molar-refractivity contribution >= 4 is 17.7 Å². The van der Waals surface area contributed by atoms with Crippen molar-refractivity contribution in [3.8, 4) is 0 Å². The summed E-state index contributed by atoms with van der Waals surface area (Å²) in [5.74, 6) is -1.90. The number of nitrogens with one attached hydrogen (secondary N) is 2. The molecule has 0 aliphatic heterocycles. The van der Waals surface area contributed by atoms with E-state index in [1.807, 2.05) is 0 Å². The average molecular weight is 273 g/mol. The van der Waals surface area contributed by atoms with Crippen molar-refractivity contribution in [2.75, 3.05) is 6.54 Å². The second kappa shape index (κ2) is 8.44. The molecule has 0 saturated carbocycles. The summed E-state index contributed by atoms with van der Waals surface area (Å²) in [7, 11) is 0. The minimum Gasteiger partial charge on any atom is -0.480 e. The maximum absolute atomic E-state index is 11.7. The van der Waals surface area contributed by atoms with Crippen LogP contribution in [0.5, 0.6) is 0 Å². The number of hydrogen-bond acceptors (Lipinski definition) is 5. The SMILES string of the molecule is CC(CC(=O)C(N)CCCNC(=N)N)[C@H](N)C(=O)O. The van der Waals surface area contributed by atoms with E-state index in [0.29, 0.717) is 19.4 Å². The fourth-order valence-corrected chi connectivity index (χ4v) is 1.55. The van der Waals surface area contributed by atoms with Crippen LogP contribution in [0.1, 0.15) is 26.2 Å². The topological polar surface area (TPSA) is 168 Å². The largest absolute Gasteiger partial charge is 0.480 e. The Hall–Kier alpha value is -1.67. The van der Waals surface area contributed by atoms with Gasteiger partial charge in [0.05, 0.1) is 6.04 Å². The zero-order valence-corrected chi connectivity index (χ0v) is 11.1. The summed E-state index contributed by atoms with van der Waals surface area (Å²) < 4.78 is 0. The lowest BCUT2D eigenvalue weighted by atomic mass is 9.93. The molecule has 8 nitrogen and oxygen atoms in total. The van der Waals surface area contributed by atoms with Crippen molar-refractivity contribution < 1.29 is 14.7 Å². The van der Waals surface area contributed by atoms with E-state index in [-0.39, 0.29) is 18.2 Å². The van der Waals surface area contributed by atoms with Gasteiger partial charge >= 0.3 is 5.97 Å². The molecule has 3 atom stereocenters. The first-order valence-electron chi connectivity index (χ1n) is 6.10. The van der Waals surface area contributed by atoms with Gasteiger partial charge in [-0.05, 0) is 18.8 Å². The molecule has 19 heavy (non-hydrogen) atoms. The van der Waals surface area contributed by atoms with Crippen LogP contribution in [0.25, 0.3) is 0 Å². The molecule has 2 unspecified atom stereocenters. The number of guanidine groups is 1. The maximum atomic E-state index is 11.7. The van der Waals surface area contributed by atoms with E-state index >= 15 is 0 Å². The number of rotatable bonds is 9. The van der Waals surface area contributed by atoms with Crippen LogP contribution in [0.3, 0.4) is 0 Å². The van der Waals surface area contributed by atoms with E-state index in [1.165, 1.54) is 0 Å². The number of nitrogens with two attached hydrogens (primary N) is 3. The summed E-state index contributed by atoms with van der Waals surface area (Å²) >= 11 is 0. The predicted octanol–water partition coefficient (Wildman–Crippen LogP) is -1.42. The van der Waals surface area contributed by atoms with Gasteiger partial charge < -0.3 is 27.6 Å². The van der Waals surface area contributed by atoms with Gasteiger partial charge in [0.15, 0.2) is 5.96 Å². The third kappa shape index (κ3) is 7.37. The zero-order valence-electron chi connectivity index (χ0n) is 11.1. The van der Waals surface area contributed by atoms with E-state index in [9.17, 15) is 9.59 Å². The van der Waals surface area contributed by atoms with Crippen LogP contribution >= 0.6 is 0 Å². The molecule has 0 rings (SSSR count). The highest BCUT2D eigenvalue weighted by molar-refractivity contribution is 5.85. The molecule has 9 N–H and O–H groups in total. The Bertz CT molecular complexity index is 334. The molecule has 0 bridgehead atoms. The van der Waals surface area contributed by atoms with E-state index in [4.69, 9.17) is 27.7 Å². The zero-order chi connectivity index (χ0) is 15.0. The predicted molar refractivity (Wildman–Crippen MR) is 71.5 cm³/mol. The molecular formula is C11H23N5O3. The number of carboxylic acids is 1. The fourth-order valence-electron chi connectivity index (χ4n) is 1.55. The Morgan fingerprint density at radius 1 is 1.37 bits per heavy atom. The van der Waals surface area contributed by atoms with Gasteiger partial charge in [0.25, 0.3) is 0 Å². The Balaban J connectivity index is 3.99. The third-order valence-electron chi connectivity index (χ3n) is 2.84. The molecule has 0 aromatic rings. The van der Waals surface area contributed by atoms with Crippen LogP contribution in [0.15, 0.2) is 0 Å². The Labute approximate surface area is 112 Å². The van der Waals surface area contributed by atoms with Gasteiger partial charge in [-0.25, -0.2) is 0 Å². The summed E-state index contributed by atoms with van der Waals surface area (Å²) in [5, 5.41) is 18.3. The van der Waals surface area contributed by atoms with Gasteiger partial charge in [-0.1, -0.05) is 6.92 Å². The number of carbonyl (C=O) groups is 2. The number of aliphatic carboxylic acids is 1. The summed E-state index contributed by atoms with van der Waals surface area (Å²) in [6, 6.07) is -1.70. The molecule has 0 saturated heterocycles. The highest BCUT2D eigenvalue weighted by atomic mass is 16.4. The summed E-state index contributed by atoms with van der Waals surface area (Å²) in [5.41, 5.74) is 16.2. The van der Waals surface area contributed by atoms with Crippen molar-refractivity contribution in [3.63, 3.8) is 0 Å². The number of carbonyl (C=O) groups excluding carboxylic acids is 1. The molecule has 0 aliphatic carbocycles. The second-order valence-corrected chi connectivity index (χ2v) is 4.60. The molecule has 0 aromatic carbocycles. The molecule has 8 heteroatoms. The smallest absolute Gasteiger partial charge is 0.320 e. The van der Waals surface area contributed by atoms with Gasteiger partial charge in [0.1, 0.15) is 11.8 Å². The first-order chi connectivity index (χ1) is 8.75. The Kier molecular flexibility index (Phi) is 7.69. The van der Waals surface area contributed by atoms with Crippen LogP contribution in [-0.2, 0) is 9.59 Å². The van der Waals surface area contributed by atoms with Crippen LogP contribution in [0.4, 0.5) is 0 Å². The van der Waals surface area contributed by atoms with Gasteiger partial charge in [0, 0.05) is 13.0 Å². The minimum atomic E-state index is -1.13. The molecular weight excluding hydrogens is 250 g/mol. The Morgan fingerprint density at radius 3 is 2.42 bits per heavy atom. The lowest BCUT2D eigenvalue weighted by Crippen LogP contribution is -2.40. The lowest BCUT2D eigenvalue weighted by Gasteiger charge is -2.17. The average Bonchev–Trinajstić information content (AvgIpc) is 2.32. The molecule has 0 heterocycles. The first-order valence-corrected chi connectivity index (χ1v) is 6.10. The van der Waals surface area contributed by atoms with Crippen molar-refractivity contribution in [3.05, 3.63) is 0 Å². The van der Waals surface area contributed by atoms with Crippen LogP contribution in [-0.4, -0.2) is 41.4 Å². The molecule has 0 radical (unpaired) electrons. The third-order valence-corrected chi connectivity index (χ3v) is 2.84. The molecule has 0 spiro atoms. The fraction of sp³-hybridized carbons (Fsp3) is 0.727. The number of Topliss-reactive ketones (excluding diaryl/α,β-unsaturated/α-hetero) is 1. The van der Waals surface area contributed by atoms with Crippen molar-refractivity contribution in [1.82, 2.24) is 5.32 Å². The summed E-state index contributed by atoms with van der Waals surface area (Å²) in [6.07, 6.45) is 1.11. The van der Waals surface area contributed by atoms with Crippen LogP contribution in [0.2, 0.25) is 0 Å². The highest BCUT2D eigenvalue weighted by Gasteiger charge is 2.24. The number of hydrogen-bond donors (Lipinski definition) is 6. The molecule has 0 fully saturated rings. The minimum absolute atomic E-state index is 0.0504. The molecule has 0 aliphatic rings. The lowest BCUT2D eigenvalue weighted by molar-refractivity contribution is -0.139. The first kappa shape index (κ1) is 17.3. The van der Waals surface area contributed by atoms with Gasteiger partial charge in [0.2, 0.25) is 0 Å². The molecule has 110 valence electrons. The van der Waals surface area contributed by atoms with E-state index in [0.717, 1.165) is 0 Å². The Morgan fingerprint density at radius 2 is 1.95 bits per heavy atom. The number of carboxylic acid groups (broad SMARTS) is 1. The maximum Gasteiger partial charge on any atom is 0.320 e. The highest BCUT2D eigenvalue weighted by Crippen LogP contribution is 2.10. The summed E-state index contributed by atoms with van der Waals surface area (Å²) in [6.45, 7) is 2.08. The van der Waals surface area contributed by atoms with E-state index in [1.54, 1.807) is 6.92 Å². The van der Waals surface area contributed by atoms with Crippen molar-refractivity contribution in [2.24, 2.45) is 23.1 Å². The van der Waals surface area contributed by atoms with Crippen LogP contribution in [0, 0.1) is 11.3 Å². The van der Waals surface area contributed by atoms with Gasteiger partial charge in [-0.2, -0.15) is 0 Å². The normalized spacial score (nSPS) is 15.3. The van der Waals surface area contributed by atoms with Crippen molar-refractivity contribution in [1.29, 1.82) is 5.41 Å². The quantitative estimate of drug-likeness (QED) is 0.170. The van der Waals surface area contributed by atoms with Gasteiger partial charge in [-0.15, -0.1) is 0 Å².